The van der Waals surface area contributed by atoms with E-state index in [4.69, 9.17) is 5.73 Å². The van der Waals surface area contributed by atoms with Crippen molar-refractivity contribution in [1.82, 2.24) is 4.90 Å². The molecule has 0 bridgehead atoms. The first-order valence-corrected chi connectivity index (χ1v) is 5.75. The fourth-order valence-electron chi connectivity index (χ4n) is 2.43. The Morgan fingerprint density at radius 2 is 2.15 bits per heavy atom. The van der Waals surface area contributed by atoms with Crippen LogP contribution in [0.25, 0.3) is 0 Å². The first-order chi connectivity index (χ1) is 6.25. The summed E-state index contributed by atoms with van der Waals surface area (Å²) in [4.78, 5) is 2.59. The lowest BCUT2D eigenvalue weighted by atomic mass is 10.0. The van der Waals surface area contributed by atoms with Crippen molar-refractivity contribution >= 4 is 0 Å². The molecule has 2 nitrogen and oxygen atoms in total. The molecule has 1 heterocycles. The van der Waals surface area contributed by atoms with E-state index in [1.165, 1.54) is 38.6 Å². The van der Waals surface area contributed by atoms with E-state index in [9.17, 15) is 0 Å². The van der Waals surface area contributed by atoms with E-state index < -0.39 is 0 Å². The summed E-state index contributed by atoms with van der Waals surface area (Å²) < 4.78 is 0. The molecule has 1 aliphatic heterocycles. The summed E-state index contributed by atoms with van der Waals surface area (Å²) in [6, 6.07) is 1.22. The third kappa shape index (κ3) is 2.68. The van der Waals surface area contributed by atoms with Crippen LogP contribution in [-0.2, 0) is 0 Å². The number of nitrogens with two attached hydrogens (primary N) is 1. The van der Waals surface area contributed by atoms with Gasteiger partial charge in [0.2, 0.25) is 0 Å². The van der Waals surface area contributed by atoms with Crippen molar-refractivity contribution in [1.29, 1.82) is 0 Å². The number of rotatable bonds is 3. The number of likely N-dealkylation sites (tertiary alicyclic amines) is 1. The Hall–Kier alpha value is -0.0800. The van der Waals surface area contributed by atoms with E-state index in [0.717, 1.165) is 18.5 Å². The maximum Gasteiger partial charge on any atom is 0.0168 e. The molecule has 76 valence electrons. The van der Waals surface area contributed by atoms with Gasteiger partial charge in [-0.25, -0.2) is 0 Å². The quantitative estimate of drug-likeness (QED) is 0.718. The van der Waals surface area contributed by atoms with E-state index in [0.29, 0.717) is 6.04 Å². The summed E-state index contributed by atoms with van der Waals surface area (Å²) in [6.07, 6.45) is 6.89. The molecule has 0 aromatic rings. The molecule has 0 radical (unpaired) electrons. The molecule has 2 fully saturated rings. The highest BCUT2D eigenvalue weighted by molar-refractivity contribution is 4.83. The Morgan fingerprint density at radius 1 is 1.38 bits per heavy atom. The first kappa shape index (κ1) is 9.47. The van der Waals surface area contributed by atoms with E-state index in [1.54, 1.807) is 0 Å². The van der Waals surface area contributed by atoms with Crippen molar-refractivity contribution in [3.05, 3.63) is 0 Å². The Balaban J connectivity index is 1.76. The molecule has 1 saturated carbocycles. The third-order valence-electron chi connectivity index (χ3n) is 3.48. The lowest BCUT2D eigenvalue weighted by molar-refractivity contribution is 0.148. The monoisotopic (exact) mass is 182 g/mol. The van der Waals surface area contributed by atoms with Crippen LogP contribution in [0, 0.1) is 5.92 Å². The minimum absolute atomic E-state index is 0.440. The number of nitrogens with zero attached hydrogens (tertiary/aromatic N) is 1. The summed E-state index contributed by atoms with van der Waals surface area (Å²) in [5.41, 5.74) is 5.97. The fraction of sp³-hybridized carbons (Fsp3) is 1.00. The molecule has 0 spiro atoms. The molecule has 2 rings (SSSR count). The Bertz CT molecular complexity index is 165. The molecule has 2 unspecified atom stereocenters. The van der Waals surface area contributed by atoms with Gasteiger partial charge >= 0.3 is 0 Å². The zero-order valence-electron chi connectivity index (χ0n) is 8.71. The average molecular weight is 182 g/mol. The third-order valence-corrected chi connectivity index (χ3v) is 3.48. The molecule has 1 aliphatic carbocycles. The van der Waals surface area contributed by atoms with Gasteiger partial charge in [-0.15, -0.1) is 0 Å². The van der Waals surface area contributed by atoms with Crippen LogP contribution >= 0.6 is 0 Å². The minimum Gasteiger partial charge on any atom is -0.327 e. The zero-order chi connectivity index (χ0) is 9.26. The molecule has 1 saturated heterocycles. The van der Waals surface area contributed by atoms with Crippen LogP contribution in [0.4, 0.5) is 0 Å². The van der Waals surface area contributed by atoms with Crippen LogP contribution in [-0.4, -0.2) is 30.1 Å². The van der Waals surface area contributed by atoms with Crippen molar-refractivity contribution in [3.8, 4) is 0 Å². The van der Waals surface area contributed by atoms with Crippen molar-refractivity contribution < 1.29 is 0 Å². The highest BCUT2D eigenvalue weighted by atomic mass is 15.2. The predicted molar refractivity (Wildman–Crippen MR) is 55.6 cm³/mol. The van der Waals surface area contributed by atoms with Gasteiger partial charge in [-0.2, -0.15) is 0 Å². The Morgan fingerprint density at radius 3 is 2.77 bits per heavy atom. The van der Waals surface area contributed by atoms with Crippen LogP contribution in [0.15, 0.2) is 0 Å². The van der Waals surface area contributed by atoms with Gasteiger partial charge in [0.25, 0.3) is 0 Å². The van der Waals surface area contributed by atoms with Crippen LogP contribution in [0.5, 0.6) is 0 Å². The van der Waals surface area contributed by atoms with Crippen LogP contribution in [0.3, 0.4) is 0 Å². The normalized spacial score (nSPS) is 33.2. The van der Waals surface area contributed by atoms with Gasteiger partial charge in [0.05, 0.1) is 0 Å². The highest BCUT2D eigenvalue weighted by Gasteiger charge is 2.28. The molecule has 0 aromatic heterocycles. The number of hydrogen-bond donors (Lipinski definition) is 1. The minimum atomic E-state index is 0.440. The Labute approximate surface area is 81.5 Å². The molecule has 2 aliphatic rings. The van der Waals surface area contributed by atoms with Gasteiger partial charge in [0, 0.05) is 18.6 Å². The summed E-state index contributed by atoms with van der Waals surface area (Å²) >= 11 is 0. The molecular formula is C11H22N2. The van der Waals surface area contributed by atoms with Gasteiger partial charge in [0.1, 0.15) is 0 Å². The van der Waals surface area contributed by atoms with E-state index in [2.05, 4.69) is 11.8 Å². The smallest absolute Gasteiger partial charge is 0.0168 e. The fourth-order valence-corrected chi connectivity index (χ4v) is 2.43. The highest BCUT2D eigenvalue weighted by Crippen LogP contribution is 2.34. The molecule has 0 aromatic carbocycles. The largest absolute Gasteiger partial charge is 0.327 e. The van der Waals surface area contributed by atoms with E-state index in [-0.39, 0.29) is 0 Å². The molecule has 2 atom stereocenters. The van der Waals surface area contributed by atoms with Crippen molar-refractivity contribution in [2.75, 3.05) is 13.1 Å². The van der Waals surface area contributed by atoms with E-state index in [1.807, 2.05) is 0 Å². The topological polar surface area (TPSA) is 29.3 Å². The van der Waals surface area contributed by atoms with Gasteiger partial charge in [0.15, 0.2) is 0 Å². The lowest BCUT2D eigenvalue weighted by Gasteiger charge is -2.35. The second-order valence-electron chi connectivity index (χ2n) is 4.93. The van der Waals surface area contributed by atoms with E-state index >= 15 is 0 Å². The molecule has 13 heavy (non-hydrogen) atoms. The SMILES string of the molecule is CC(CC1CC1)N1CCCC(N)C1. The summed E-state index contributed by atoms with van der Waals surface area (Å²) in [7, 11) is 0. The zero-order valence-corrected chi connectivity index (χ0v) is 8.71. The lowest BCUT2D eigenvalue weighted by Crippen LogP contribution is -2.46. The standard InChI is InChI=1S/C11H22N2/c1-9(7-10-4-5-10)13-6-2-3-11(12)8-13/h9-11H,2-8,12H2,1H3. The second kappa shape index (κ2) is 3.97. The van der Waals surface area contributed by atoms with Gasteiger partial charge < -0.3 is 5.73 Å². The Kier molecular flexibility index (Phi) is 2.89. The van der Waals surface area contributed by atoms with Crippen LogP contribution < -0.4 is 5.73 Å². The van der Waals surface area contributed by atoms with Crippen molar-refractivity contribution in [3.63, 3.8) is 0 Å². The molecule has 0 amide bonds. The maximum absolute atomic E-state index is 5.97. The summed E-state index contributed by atoms with van der Waals surface area (Å²) in [5, 5.41) is 0. The summed E-state index contributed by atoms with van der Waals surface area (Å²) in [5.74, 6) is 1.05. The van der Waals surface area contributed by atoms with Crippen molar-refractivity contribution in [2.45, 2.75) is 51.1 Å². The van der Waals surface area contributed by atoms with Gasteiger partial charge in [-0.1, -0.05) is 12.8 Å². The second-order valence-corrected chi connectivity index (χ2v) is 4.93. The average Bonchev–Trinajstić information content (AvgIpc) is 2.88. The van der Waals surface area contributed by atoms with Crippen LogP contribution in [0.1, 0.15) is 39.0 Å². The van der Waals surface area contributed by atoms with Crippen LogP contribution in [0.2, 0.25) is 0 Å². The van der Waals surface area contributed by atoms with Gasteiger partial charge in [-0.05, 0) is 38.6 Å². The number of hydrogen-bond acceptors (Lipinski definition) is 2. The van der Waals surface area contributed by atoms with Gasteiger partial charge in [-0.3, -0.25) is 4.90 Å². The maximum atomic E-state index is 5.97. The molecule has 2 N–H and O–H groups in total. The number of piperidine rings is 1. The van der Waals surface area contributed by atoms with Crippen molar-refractivity contribution in [2.24, 2.45) is 11.7 Å². The molecule has 2 heteroatoms. The predicted octanol–water partition coefficient (Wildman–Crippen LogP) is 1.60. The summed E-state index contributed by atoms with van der Waals surface area (Å²) in [6.45, 7) is 4.78. The first-order valence-electron chi connectivity index (χ1n) is 5.75. The molecular weight excluding hydrogens is 160 g/mol.